The smallest absolute Gasteiger partial charge is 0.318 e. The van der Waals surface area contributed by atoms with E-state index >= 15 is 0 Å². The van der Waals surface area contributed by atoms with Crippen LogP contribution in [0.3, 0.4) is 0 Å². The van der Waals surface area contributed by atoms with E-state index in [9.17, 15) is 19.1 Å². The van der Waals surface area contributed by atoms with Gasteiger partial charge in [-0.25, -0.2) is 9.18 Å². The Bertz CT molecular complexity index is 775. The molecule has 0 spiro atoms. The minimum Gasteiger partial charge on any atom is -0.548 e. The van der Waals surface area contributed by atoms with Crippen molar-refractivity contribution in [2.45, 2.75) is 12.5 Å². The number of carboxylic acid groups (broad SMARTS) is 1. The standard InChI is InChI=1S/C20H22FN3O3/c21-16-6-8-17(9-7-16)23-10-12-24(13-11-23)20(27)22-18(19(25)26)14-15-4-2-1-3-5-15/h1-9,18H,10-14H2,(H,22,27)(H,25,26)/p-1/t18-/m0/s1. The lowest BCUT2D eigenvalue weighted by atomic mass is 10.1. The molecule has 6 nitrogen and oxygen atoms in total. The minimum absolute atomic E-state index is 0.171. The predicted molar refractivity (Wildman–Crippen MR) is 97.7 cm³/mol. The number of halogens is 1. The van der Waals surface area contributed by atoms with Crippen LogP contribution >= 0.6 is 0 Å². The van der Waals surface area contributed by atoms with E-state index in [1.54, 1.807) is 17.0 Å². The summed E-state index contributed by atoms with van der Waals surface area (Å²) in [6.07, 6.45) is 0.171. The van der Waals surface area contributed by atoms with E-state index in [4.69, 9.17) is 0 Å². The van der Waals surface area contributed by atoms with E-state index in [-0.39, 0.29) is 12.2 Å². The number of nitrogens with one attached hydrogen (secondary N) is 1. The normalized spacial score (nSPS) is 15.3. The fourth-order valence-electron chi connectivity index (χ4n) is 3.10. The van der Waals surface area contributed by atoms with Crippen molar-refractivity contribution in [1.29, 1.82) is 0 Å². The molecule has 1 atom stereocenters. The molecular formula is C20H21FN3O3-. The van der Waals surface area contributed by atoms with Gasteiger partial charge in [0.05, 0.1) is 12.0 Å². The number of aliphatic carboxylic acids is 1. The van der Waals surface area contributed by atoms with E-state index in [1.807, 2.05) is 30.3 Å². The first-order valence-electron chi connectivity index (χ1n) is 8.83. The largest absolute Gasteiger partial charge is 0.548 e. The van der Waals surface area contributed by atoms with Gasteiger partial charge in [-0.1, -0.05) is 30.3 Å². The van der Waals surface area contributed by atoms with Crippen molar-refractivity contribution in [3.05, 3.63) is 66.0 Å². The summed E-state index contributed by atoms with van der Waals surface area (Å²) in [6.45, 7) is 2.09. The lowest BCUT2D eigenvalue weighted by Gasteiger charge is -2.36. The molecule has 27 heavy (non-hydrogen) atoms. The number of carbonyl (C=O) groups excluding carboxylic acids is 2. The molecule has 2 amide bonds. The van der Waals surface area contributed by atoms with Gasteiger partial charge in [0.25, 0.3) is 0 Å². The number of amides is 2. The van der Waals surface area contributed by atoms with Crippen LogP contribution in [-0.4, -0.2) is 49.1 Å². The predicted octanol–water partition coefficient (Wildman–Crippen LogP) is 1.02. The molecule has 3 rings (SSSR count). The molecule has 7 heteroatoms. The molecule has 0 saturated carbocycles. The first-order chi connectivity index (χ1) is 13.0. The SMILES string of the molecule is O=C([O-])[C@H](Cc1ccccc1)NC(=O)N1CCN(c2ccc(F)cc2)CC1. The Morgan fingerprint density at radius 2 is 1.63 bits per heavy atom. The van der Waals surface area contributed by atoms with Gasteiger partial charge in [0.15, 0.2) is 0 Å². The molecule has 142 valence electrons. The van der Waals surface area contributed by atoms with Crippen LogP contribution in [0.4, 0.5) is 14.9 Å². The number of nitrogens with zero attached hydrogens (tertiary/aromatic N) is 2. The van der Waals surface area contributed by atoms with Crippen LogP contribution in [0.2, 0.25) is 0 Å². The van der Waals surface area contributed by atoms with Gasteiger partial charge >= 0.3 is 6.03 Å². The fourth-order valence-corrected chi connectivity index (χ4v) is 3.10. The van der Waals surface area contributed by atoms with E-state index in [0.717, 1.165) is 11.3 Å². The summed E-state index contributed by atoms with van der Waals surface area (Å²) in [5.41, 5.74) is 1.71. The van der Waals surface area contributed by atoms with Crippen LogP contribution < -0.4 is 15.3 Å². The van der Waals surface area contributed by atoms with Crippen LogP contribution in [0.1, 0.15) is 5.56 Å². The number of piperazine rings is 1. The molecule has 0 aliphatic carbocycles. The third-order valence-corrected chi connectivity index (χ3v) is 4.62. The molecule has 0 unspecified atom stereocenters. The third-order valence-electron chi connectivity index (χ3n) is 4.62. The molecule has 1 N–H and O–H groups in total. The number of carboxylic acids is 1. The molecule has 1 aliphatic heterocycles. The maximum absolute atomic E-state index is 13.0. The Labute approximate surface area is 157 Å². The molecular weight excluding hydrogens is 349 g/mol. The Hall–Kier alpha value is -3.09. The second kappa shape index (κ2) is 8.53. The highest BCUT2D eigenvalue weighted by molar-refractivity contribution is 5.82. The summed E-state index contributed by atoms with van der Waals surface area (Å²) in [6, 6.07) is 13.8. The minimum atomic E-state index is -1.31. The van der Waals surface area contributed by atoms with Crippen molar-refractivity contribution in [1.82, 2.24) is 10.2 Å². The Morgan fingerprint density at radius 3 is 2.22 bits per heavy atom. The summed E-state index contributed by atoms with van der Waals surface area (Å²) in [4.78, 5) is 27.5. The lowest BCUT2D eigenvalue weighted by molar-refractivity contribution is -0.308. The van der Waals surface area contributed by atoms with Gasteiger partial charge in [-0.15, -0.1) is 0 Å². The van der Waals surface area contributed by atoms with Crippen LogP contribution in [0.15, 0.2) is 54.6 Å². The number of carbonyl (C=O) groups is 2. The van der Waals surface area contributed by atoms with E-state index in [2.05, 4.69) is 10.2 Å². The summed E-state index contributed by atoms with van der Waals surface area (Å²) < 4.78 is 13.0. The van der Waals surface area contributed by atoms with Crippen molar-refractivity contribution < 1.29 is 19.1 Å². The summed E-state index contributed by atoms with van der Waals surface area (Å²) >= 11 is 0. The summed E-state index contributed by atoms with van der Waals surface area (Å²) in [5.74, 6) is -1.60. The molecule has 0 aromatic heterocycles. The van der Waals surface area contributed by atoms with Crippen molar-refractivity contribution >= 4 is 17.7 Å². The van der Waals surface area contributed by atoms with Gasteiger partial charge in [-0.2, -0.15) is 0 Å². The lowest BCUT2D eigenvalue weighted by Crippen LogP contribution is -2.57. The first-order valence-corrected chi connectivity index (χ1v) is 8.83. The van der Waals surface area contributed by atoms with Gasteiger partial charge in [0, 0.05) is 31.9 Å². The first kappa shape index (κ1) is 18.7. The molecule has 0 radical (unpaired) electrons. The Balaban J connectivity index is 1.54. The van der Waals surface area contributed by atoms with E-state index in [0.29, 0.717) is 26.2 Å². The number of anilines is 1. The van der Waals surface area contributed by atoms with Gasteiger partial charge in [0.1, 0.15) is 5.82 Å². The van der Waals surface area contributed by atoms with E-state index < -0.39 is 18.0 Å². The van der Waals surface area contributed by atoms with Crippen molar-refractivity contribution in [3.63, 3.8) is 0 Å². The molecule has 2 aromatic carbocycles. The maximum Gasteiger partial charge on any atom is 0.318 e. The monoisotopic (exact) mass is 370 g/mol. The zero-order valence-corrected chi connectivity index (χ0v) is 14.8. The van der Waals surface area contributed by atoms with Crippen molar-refractivity contribution in [2.75, 3.05) is 31.1 Å². The number of hydrogen-bond donors (Lipinski definition) is 1. The van der Waals surface area contributed by atoms with Crippen LogP contribution in [0, 0.1) is 5.82 Å². The fraction of sp³-hybridized carbons (Fsp3) is 0.300. The van der Waals surface area contributed by atoms with Gasteiger partial charge in [0.2, 0.25) is 0 Å². The highest BCUT2D eigenvalue weighted by atomic mass is 19.1. The number of rotatable bonds is 5. The summed E-state index contributed by atoms with van der Waals surface area (Å²) in [7, 11) is 0. The van der Waals surface area contributed by atoms with Gasteiger partial charge < -0.3 is 25.0 Å². The van der Waals surface area contributed by atoms with Crippen molar-refractivity contribution in [3.8, 4) is 0 Å². The zero-order valence-electron chi connectivity index (χ0n) is 14.8. The molecule has 2 aromatic rings. The molecule has 0 bridgehead atoms. The third kappa shape index (κ3) is 4.97. The van der Waals surface area contributed by atoms with Gasteiger partial charge in [-0.3, -0.25) is 0 Å². The highest BCUT2D eigenvalue weighted by Gasteiger charge is 2.23. The zero-order chi connectivity index (χ0) is 19.2. The molecule has 1 saturated heterocycles. The summed E-state index contributed by atoms with van der Waals surface area (Å²) in [5, 5.41) is 14.0. The molecule has 1 heterocycles. The topological polar surface area (TPSA) is 75.7 Å². The van der Waals surface area contributed by atoms with Crippen LogP contribution in [0.5, 0.6) is 0 Å². The molecule has 1 fully saturated rings. The Kier molecular flexibility index (Phi) is 5.90. The maximum atomic E-state index is 13.0. The number of hydrogen-bond acceptors (Lipinski definition) is 4. The average Bonchev–Trinajstić information content (AvgIpc) is 2.69. The van der Waals surface area contributed by atoms with Crippen LogP contribution in [-0.2, 0) is 11.2 Å². The second-order valence-corrected chi connectivity index (χ2v) is 6.46. The molecule has 1 aliphatic rings. The van der Waals surface area contributed by atoms with Gasteiger partial charge in [-0.05, 0) is 36.2 Å². The number of urea groups is 1. The highest BCUT2D eigenvalue weighted by Crippen LogP contribution is 2.17. The quantitative estimate of drug-likeness (QED) is 0.853. The second-order valence-electron chi connectivity index (χ2n) is 6.46. The Morgan fingerprint density at radius 1 is 1.00 bits per heavy atom. The average molecular weight is 370 g/mol. The number of benzene rings is 2. The van der Waals surface area contributed by atoms with Crippen LogP contribution in [0.25, 0.3) is 0 Å². The van der Waals surface area contributed by atoms with Crippen molar-refractivity contribution in [2.24, 2.45) is 0 Å². The van der Waals surface area contributed by atoms with E-state index in [1.165, 1.54) is 12.1 Å².